The zero-order valence-corrected chi connectivity index (χ0v) is 14.8. The molecule has 1 aliphatic rings. The molecule has 0 aromatic heterocycles. The molecule has 1 aromatic rings. The zero-order chi connectivity index (χ0) is 20.9. The molecule has 0 bridgehead atoms. The number of hydrogen-bond donors (Lipinski definition) is 2. The van der Waals surface area contributed by atoms with Gasteiger partial charge in [-0.25, -0.2) is 19.2 Å². The van der Waals surface area contributed by atoms with Crippen LogP contribution in [0.2, 0.25) is 0 Å². The van der Waals surface area contributed by atoms with Crippen LogP contribution in [0.1, 0.15) is 31.2 Å². The van der Waals surface area contributed by atoms with Crippen molar-refractivity contribution in [3.63, 3.8) is 0 Å². The minimum atomic E-state index is -1.62. The van der Waals surface area contributed by atoms with Crippen LogP contribution in [-0.4, -0.2) is 40.7 Å². The summed E-state index contributed by atoms with van der Waals surface area (Å²) < 4.78 is 9.99. The fourth-order valence-corrected chi connectivity index (χ4v) is 2.12. The van der Waals surface area contributed by atoms with E-state index in [1.807, 2.05) is 6.07 Å². The van der Waals surface area contributed by atoms with E-state index in [0.717, 1.165) is 31.2 Å². The van der Waals surface area contributed by atoms with Gasteiger partial charge in [0.05, 0.1) is 0 Å². The Balaban J connectivity index is 0.000000416. The predicted molar refractivity (Wildman–Crippen MR) is 91.7 cm³/mol. The molecule has 1 saturated carbocycles. The van der Waals surface area contributed by atoms with Gasteiger partial charge in [-0.05, 0) is 44.2 Å². The third-order valence-electron chi connectivity index (χ3n) is 3.29. The fraction of sp³-hybridized carbons (Fsp3) is 0.375. The Hall–Kier alpha value is -3.70. The molecule has 28 heavy (non-hydrogen) atoms. The highest BCUT2D eigenvalue weighted by molar-refractivity contribution is 5.75. The number of carbonyl (C=O) groups excluding carboxylic acids is 2. The number of amides is 4. The van der Waals surface area contributed by atoms with Crippen molar-refractivity contribution < 1.29 is 38.9 Å². The number of benzene rings is 1. The van der Waals surface area contributed by atoms with Crippen LogP contribution in [0.4, 0.5) is 19.2 Å². The number of rotatable bonds is 2. The lowest BCUT2D eigenvalue weighted by Crippen LogP contribution is -2.11. The first-order valence-electron chi connectivity index (χ1n) is 8.05. The van der Waals surface area contributed by atoms with Gasteiger partial charge in [-0.15, -0.1) is 0 Å². The van der Waals surface area contributed by atoms with Crippen molar-refractivity contribution in [1.29, 1.82) is 0 Å². The molecule has 2 rings (SSSR count). The van der Waals surface area contributed by atoms with Crippen LogP contribution < -0.4 is 4.74 Å². The number of hydrogen-bond acceptors (Lipinski definition) is 6. The van der Waals surface area contributed by atoms with Crippen molar-refractivity contribution in [2.45, 2.75) is 38.7 Å². The normalized spacial score (nSPS) is 13.8. The van der Waals surface area contributed by atoms with Crippen LogP contribution in [0.3, 0.4) is 0 Å². The number of nitrogens with zero attached hydrogens (tertiary/aromatic N) is 4. The number of para-hydroxylation sites is 1. The minimum Gasteiger partial charge on any atom is -0.462 e. The average Bonchev–Trinajstić information content (AvgIpc) is 3.14. The van der Waals surface area contributed by atoms with Crippen LogP contribution in [-0.2, 0) is 4.74 Å². The van der Waals surface area contributed by atoms with Gasteiger partial charge in [-0.1, -0.05) is 38.7 Å². The molecule has 1 fully saturated rings. The van der Waals surface area contributed by atoms with Gasteiger partial charge >= 0.3 is 24.4 Å². The molecule has 0 atom stereocenters. The topological polar surface area (TPSA) is 177 Å². The number of azo groups is 2. The van der Waals surface area contributed by atoms with Gasteiger partial charge in [0.1, 0.15) is 11.9 Å². The van der Waals surface area contributed by atoms with E-state index in [2.05, 4.69) is 20.5 Å². The Morgan fingerprint density at radius 1 is 0.893 bits per heavy atom. The lowest BCUT2D eigenvalue weighted by molar-refractivity contribution is 0.108. The average molecular weight is 394 g/mol. The summed E-state index contributed by atoms with van der Waals surface area (Å²) in [5.74, 6) is 0.389. The molecule has 0 saturated heterocycles. The summed E-state index contributed by atoms with van der Waals surface area (Å²) in [4.78, 5) is 41.5. The van der Waals surface area contributed by atoms with Crippen LogP contribution in [0.15, 0.2) is 44.7 Å². The molecule has 2 N–H and O–H groups in total. The van der Waals surface area contributed by atoms with E-state index < -0.39 is 24.4 Å². The van der Waals surface area contributed by atoms with Crippen molar-refractivity contribution >= 4 is 24.4 Å². The SMILES string of the molecule is Cc1ccccc1OC(=O)N=NC(=O)OC1CCCC1.O=C(O)N=NC(=O)O. The molecule has 12 heteroatoms. The molecular weight excluding hydrogens is 376 g/mol. The highest BCUT2D eigenvalue weighted by Crippen LogP contribution is 2.21. The summed E-state index contributed by atoms with van der Waals surface area (Å²) in [5, 5.41) is 26.2. The van der Waals surface area contributed by atoms with E-state index in [-0.39, 0.29) is 6.10 Å². The molecule has 0 aliphatic heterocycles. The first kappa shape index (κ1) is 22.3. The van der Waals surface area contributed by atoms with E-state index in [9.17, 15) is 19.2 Å². The van der Waals surface area contributed by atoms with Gasteiger partial charge in [-0.3, -0.25) is 0 Å². The third kappa shape index (κ3) is 9.70. The van der Waals surface area contributed by atoms with E-state index in [1.54, 1.807) is 25.1 Å². The van der Waals surface area contributed by atoms with Gasteiger partial charge in [0.15, 0.2) is 0 Å². The zero-order valence-electron chi connectivity index (χ0n) is 14.8. The Bertz CT molecular complexity index is 756. The van der Waals surface area contributed by atoms with Crippen molar-refractivity contribution in [2.75, 3.05) is 0 Å². The summed E-state index contributed by atoms with van der Waals surface area (Å²) in [6, 6.07) is 7.00. The summed E-state index contributed by atoms with van der Waals surface area (Å²) in [6.45, 7) is 1.80. The van der Waals surface area contributed by atoms with Gasteiger partial charge in [0.2, 0.25) is 0 Å². The quantitative estimate of drug-likeness (QED) is 0.670. The van der Waals surface area contributed by atoms with Gasteiger partial charge < -0.3 is 19.7 Å². The number of aryl methyl sites for hydroxylation is 1. The van der Waals surface area contributed by atoms with Crippen LogP contribution in [0.25, 0.3) is 0 Å². The maximum atomic E-state index is 11.4. The Morgan fingerprint density at radius 2 is 1.43 bits per heavy atom. The lowest BCUT2D eigenvalue weighted by Gasteiger charge is -2.07. The van der Waals surface area contributed by atoms with Crippen LogP contribution in [0.5, 0.6) is 5.75 Å². The Morgan fingerprint density at radius 3 is 1.96 bits per heavy atom. The largest absolute Gasteiger partial charge is 0.462 e. The molecule has 0 unspecified atom stereocenters. The van der Waals surface area contributed by atoms with E-state index in [4.69, 9.17) is 19.7 Å². The molecule has 150 valence electrons. The molecule has 0 spiro atoms. The summed E-state index contributed by atoms with van der Waals surface area (Å²) in [5.41, 5.74) is 0.796. The first-order valence-corrected chi connectivity index (χ1v) is 8.05. The molecule has 12 nitrogen and oxygen atoms in total. The van der Waals surface area contributed by atoms with Gasteiger partial charge in [-0.2, -0.15) is 0 Å². The van der Waals surface area contributed by atoms with Crippen molar-refractivity contribution in [1.82, 2.24) is 0 Å². The van der Waals surface area contributed by atoms with E-state index >= 15 is 0 Å². The smallest absolute Gasteiger partial charge is 0.458 e. The number of carbonyl (C=O) groups is 4. The van der Waals surface area contributed by atoms with Gasteiger partial charge in [0.25, 0.3) is 0 Å². The second-order valence-corrected chi connectivity index (χ2v) is 5.39. The molecular formula is C16H18N4O8. The monoisotopic (exact) mass is 394 g/mol. The van der Waals surface area contributed by atoms with Crippen molar-refractivity contribution in [3.8, 4) is 5.75 Å². The lowest BCUT2D eigenvalue weighted by atomic mass is 10.2. The fourth-order valence-electron chi connectivity index (χ4n) is 2.12. The number of ether oxygens (including phenoxy) is 2. The molecule has 4 amide bonds. The summed E-state index contributed by atoms with van der Waals surface area (Å²) >= 11 is 0. The highest BCUT2D eigenvalue weighted by Gasteiger charge is 2.19. The molecule has 1 aromatic carbocycles. The third-order valence-corrected chi connectivity index (χ3v) is 3.29. The summed E-state index contributed by atoms with van der Waals surface area (Å²) in [6.07, 6.45) is -1.35. The Labute approximate surface area is 158 Å². The predicted octanol–water partition coefficient (Wildman–Crippen LogP) is 4.82. The highest BCUT2D eigenvalue weighted by atomic mass is 16.6. The maximum Gasteiger partial charge on any atom is 0.458 e. The standard InChI is InChI=1S/C14H16N2O4.C2H2N2O4/c1-10-6-2-5-9-12(10)20-14(18)16-15-13(17)19-11-7-3-4-8-11;5-1(6)3-4-2(7)8/h2,5-6,9,11H,3-4,7-8H2,1H3;(H,5,6)(H,7,8). The molecule has 0 heterocycles. The van der Waals surface area contributed by atoms with Crippen LogP contribution >= 0.6 is 0 Å². The second kappa shape index (κ2) is 11.8. The second-order valence-electron chi connectivity index (χ2n) is 5.39. The van der Waals surface area contributed by atoms with E-state index in [0.29, 0.717) is 5.75 Å². The maximum absolute atomic E-state index is 11.4. The van der Waals surface area contributed by atoms with Crippen molar-refractivity contribution in [2.24, 2.45) is 20.5 Å². The van der Waals surface area contributed by atoms with E-state index in [1.165, 1.54) is 0 Å². The molecule has 1 aliphatic carbocycles. The molecule has 0 radical (unpaired) electrons. The summed E-state index contributed by atoms with van der Waals surface area (Å²) in [7, 11) is 0. The Kier molecular flexibility index (Phi) is 9.44. The van der Waals surface area contributed by atoms with Crippen LogP contribution in [0, 0.1) is 6.92 Å². The minimum absolute atomic E-state index is 0.103. The number of carboxylic acid groups (broad SMARTS) is 2. The van der Waals surface area contributed by atoms with Gasteiger partial charge in [0, 0.05) is 0 Å². The van der Waals surface area contributed by atoms with Crippen molar-refractivity contribution in [3.05, 3.63) is 29.8 Å². The first-order chi connectivity index (χ1) is 13.3.